The summed E-state index contributed by atoms with van der Waals surface area (Å²) in [5.74, 6) is 0.0877. The topological polar surface area (TPSA) is 72.2 Å². The van der Waals surface area contributed by atoms with E-state index < -0.39 is 21.5 Å². The number of aromatic nitrogens is 2. The first-order chi connectivity index (χ1) is 7.35. The molecular formula is C10H16N2O3S. The van der Waals surface area contributed by atoms with Gasteiger partial charge in [-0.1, -0.05) is 0 Å². The number of carboxylic acid groups (broad SMARTS) is 1. The number of rotatable bonds is 5. The van der Waals surface area contributed by atoms with Crippen molar-refractivity contribution >= 4 is 16.8 Å². The number of nitrogens with zero attached hydrogens (tertiary/aromatic N) is 2. The average molecular weight is 244 g/mol. The van der Waals surface area contributed by atoms with Crippen LogP contribution in [-0.2, 0) is 29.1 Å². The van der Waals surface area contributed by atoms with Gasteiger partial charge < -0.3 is 9.67 Å². The van der Waals surface area contributed by atoms with E-state index in [1.54, 1.807) is 12.4 Å². The maximum atomic E-state index is 11.8. The molecule has 0 saturated carbocycles. The second kappa shape index (κ2) is 4.78. The molecule has 0 radical (unpaired) electrons. The minimum absolute atomic E-state index is 0.310. The molecule has 0 aliphatic heterocycles. The Labute approximate surface area is 97.0 Å². The van der Waals surface area contributed by atoms with Crippen LogP contribution in [0.15, 0.2) is 12.4 Å². The molecule has 0 bridgehead atoms. The van der Waals surface area contributed by atoms with Gasteiger partial charge in [0.1, 0.15) is 10.6 Å². The fourth-order valence-corrected chi connectivity index (χ4v) is 2.25. The first-order valence-electron chi connectivity index (χ1n) is 4.93. The Balaban J connectivity index is 2.60. The van der Waals surface area contributed by atoms with Crippen molar-refractivity contribution in [2.24, 2.45) is 7.05 Å². The fraction of sp³-hybridized carbons (Fsp3) is 0.600. The SMILES string of the molecule is Cn1ccnc1CCS(=O)C(C)(C)C(=O)O. The van der Waals surface area contributed by atoms with E-state index in [9.17, 15) is 9.00 Å². The number of hydrogen-bond donors (Lipinski definition) is 1. The quantitative estimate of drug-likeness (QED) is 0.822. The number of hydrogen-bond acceptors (Lipinski definition) is 3. The Hall–Kier alpha value is -1.17. The van der Waals surface area contributed by atoms with Crippen molar-refractivity contribution in [3.63, 3.8) is 0 Å². The molecule has 0 spiro atoms. The van der Waals surface area contributed by atoms with Gasteiger partial charge >= 0.3 is 5.97 Å². The molecule has 90 valence electrons. The summed E-state index contributed by atoms with van der Waals surface area (Å²) < 4.78 is 12.4. The normalized spacial score (nSPS) is 13.7. The molecule has 1 atom stereocenters. The number of carbonyl (C=O) groups is 1. The van der Waals surface area contributed by atoms with Crippen molar-refractivity contribution in [2.75, 3.05) is 5.75 Å². The standard InChI is InChI=1S/C10H16N2O3S/c1-10(2,9(13)14)16(15)7-4-8-11-5-6-12(8)3/h5-6H,4,7H2,1-3H3,(H,13,14). The Morgan fingerprint density at radius 2 is 2.25 bits per heavy atom. The van der Waals surface area contributed by atoms with Crippen LogP contribution in [0.1, 0.15) is 19.7 Å². The molecule has 1 aromatic heterocycles. The molecule has 1 N–H and O–H groups in total. The van der Waals surface area contributed by atoms with Crippen molar-refractivity contribution in [3.05, 3.63) is 18.2 Å². The van der Waals surface area contributed by atoms with Gasteiger partial charge in [0, 0.05) is 42.4 Å². The van der Waals surface area contributed by atoms with Crippen molar-refractivity contribution < 1.29 is 14.1 Å². The molecule has 0 aliphatic rings. The summed E-state index contributed by atoms with van der Waals surface area (Å²) in [5.41, 5.74) is 0. The first-order valence-corrected chi connectivity index (χ1v) is 6.25. The summed E-state index contributed by atoms with van der Waals surface area (Å²) in [7, 11) is 0.449. The minimum Gasteiger partial charge on any atom is -0.480 e. The molecule has 16 heavy (non-hydrogen) atoms. The lowest BCUT2D eigenvalue weighted by Gasteiger charge is -2.18. The van der Waals surface area contributed by atoms with E-state index in [1.807, 2.05) is 11.6 Å². The molecule has 0 aromatic carbocycles. The smallest absolute Gasteiger partial charge is 0.321 e. The third-order valence-electron chi connectivity index (χ3n) is 2.52. The minimum atomic E-state index is -1.41. The number of carboxylic acids is 1. The maximum Gasteiger partial charge on any atom is 0.321 e. The van der Waals surface area contributed by atoms with E-state index in [-0.39, 0.29) is 0 Å². The lowest BCUT2D eigenvalue weighted by Crippen LogP contribution is -2.38. The van der Waals surface area contributed by atoms with Gasteiger partial charge in [0.15, 0.2) is 0 Å². The lowest BCUT2D eigenvalue weighted by molar-refractivity contribution is -0.139. The van der Waals surface area contributed by atoms with Crippen molar-refractivity contribution in [1.82, 2.24) is 9.55 Å². The third kappa shape index (κ3) is 2.69. The highest BCUT2D eigenvalue weighted by atomic mass is 32.2. The van der Waals surface area contributed by atoms with Crippen LogP contribution in [0.25, 0.3) is 0 Å². The summed E-state index contributed by atoms with van der Waals surface area (Å²) in [5, 5.41) is 8.91. The van der Waals surface area contributed by atoms with Crippen LogP contribution in [0.3, 0.4) is 0 Å². The molecule has 1 aromatic rings. The zero-order valence-electron chi connectivity index (χ0n) is 9.64. The second-order valence-corrected chi connectivity index (χ2v) is 6.19. The van der Waals surface area contributed by atoms with E-state index in [4.69, 9.17) is 5.11 Å². The van der Waals surface area contributed by atoms with Gasteiger partial charge in [-0.15, -0.1) is 0 Å². The van der Waals surface area contributed by atoms with Gasteiger partial charge in [-0.25, -0.2) is 4.98 Å². The molecule has 0 aliphatic carbocycles. The Kier molecular flexibility index (Phi) is 3.85. The Morgan fingerprint density at radius 1 is 1.62 bits per heavy atom. The van der Waals surface area contributed by atoms with Crippen LogP contribution in [0.5, 0.6) is 0 Å². The van der Waals surface area contributed by atoms with E-state index in [0.29, 0.717) is 12.2 Å². The highest BCUT2D eigenvalue weighted by molar-refractivity contribution is 7.87. The number of imidazole rings is 1. The fourth-order valence-electron chi connectivity index (χ4n) is 1.17. The molecule has 1 rings (SSSR count). The van der Waals surface area contributed by atoms with Gasteiger partial charge in [0.05, 0.1) is 0 Å². The van der Waals surface area contributed by atoms with E-state index in [2.05, 4.69) is 4.98 Å². The van der Waals surface area contributed by atoms with Gasteiger partial charge in [-0.3, -0.25) is 9.00 Å². The number of aliphatic carboxylic acids is 1. The number of aryl methyl sites for hydroxylation is 2. The predicted octanol–water partition coefficient (Wildman–Crippen LogP) is 0.574. The molecule has 0 saturated heterocycles. The predicted molar refractivity (Wildman–Crippen MR) is 61.6 cm³/mol. The molecule has 5 nitrogen and oxygen atoms in total. The third-order valence-corrected chi connectivity index (χ3v) is 4.40. The molecule has 1 unspecified atom stereocenters. The largest absolute Gasteiger partial charge is 0.480 e. The summed E-state index contributed by atoms with van der Waals surface area (Å²) in [6.07, 6.45) is 3.99. The van der Waals surface area contributed by atoms with E-state index >= 15 is 0 Å². The van der Waals surface area contributed by atoms with Crippen LogP contribution >= 0.6 is 0 Å². The highest BCUT2D eigenvalue weighted by Gasteiger charge is 2.34. The summed E-state index contributed by atoms with van der Waals surface area (Å²) in [6.45, 7) is 2.95. The monoisotopic (exact) mass is 244 g/mol. The molecule has 0 amide bonds. The van der Waals surface area contributed by atoms with Crippen LogP contribution < -0.4 is 0 Å². The highest BCUT2D eigenvalue weighted by Crippen LogP contribution is 2.14. The molecule has 6 heteroatoms. The average Bonchev–Trinajstić information content (AvgIpc) is 2.60. The van der Waals surface area contributed by atoms with Crippen molar-refractivity contribution in [2.45, 2.75) is 25.0 Å². The van der Waals surface area contributed by atoms with Gasteiger partial charge in [-0.05, 0) is 13.8 Å². The lowest BCUT2D eigenvalue weighted by atomic mass is 10.2. The molecule has 1 heterocycles. The molecule has 0 fully saturated rings. The van der Waals surface area contributed by atoms with E-state index in [1.165, 1.54) is 13.8 Å². The van der Waals surface area contributed by atoms with Crippen molar-refractivity contribution in [3.8, 4) is 0 Å². The second-order valence-electron chi connectivity index (χ2n) is 4.07. The van der Waals surface area contributed by atoms with Crippen LogP contribution in [0.4, 0.5) is 0 Å². The van der Waals surface area contributed by atoms with Crippen LogP contribution in [0.2, 0.25) is 0 Å². The van der Waals surface area contributed by atoms with Gasteiger partial charge in [-0.2, -0.15) is 0 Å². The zero-order valence-corrected chi connectivity index (χ0v) is 10.5. The van der Waals surface area contributed by atoms with Gasteiger partial charge in [0.25, 0.3) is 0 Å². The Bertz CT molecular complexity index is 412. The summed E-state index contributed by atoms with van der Waals surface area (Å²) in [4.78, 5) is 15.0. The zero-order chi connectivity index (χ0) is 12.3. The van der Waals surface area contributed by atoms with Gasteiger partial charge in [0.2, 0.25) is 0 Å². The summed E-state index contributed by atoms with van der Waals surface area (Å²) >= 11 is 0. The Morgan fingerprint density at radius 3 is 2.69 bits per heavy atom. The first kappa shape index (κ1) is 12.9. The van der Waals surface area contributed by atoms with Crippen LogP contribution in [0, 0.1) is 0 Å². The van der Waals surface area contributed by atoms with Crippen molar-refractivity contribution in [1.29, 1.82) is 0 Å². The summed E-state index contributed by atoms with van der Waals surface area (Å²) in [6, 6.07) is 0. The van der Waals surface area contributed by atoms with E-state index in [0.717, 1.165) is 5.82 Å². The maximum absolute atomic E-state index is 11.8. The molecular weight excluding hydrogens is 228 g/mol. The van der Waals surface area contributed by atoms with Crippen LogP contribution in [-0.4, -0.2) is 35.3 Å².